The molecule has 0 unspecified atom stereocenters. The largest absolute Gasteiger partial charge is 0.487 e. The molecule has 0 atom stereocenters. The number of rotatable bonds is 4. The van der Waals surface area contributed by atoms with Crippen molar-refractivity contribution in [3.05, 3.63) is 61.4 Å². The average Bonchev–Trinajstić information content (AvgIpc) is 2.41. The maximum Gasteiger partial charge on any atom is 0.278 e. The third-order valence-electron chi connectivity index (χ3n) is 3.27. The van der Waals surface area contributed by atoms with Crippen LogP contribution in [0.5, 0.6) is 5.75 Å². The lowest BCUT2D eigenvalue weighted by Crippen LogP contribution is -2.06. The minimum absolute atomic E-state index is 0.106. The van der Waals surface area contributed by atoms with Gasteiger partial charge in [-0.3, -0.25) is 15.1 Å². The van der Waals surface area contributed by atoms with E-state index in [2.05, 4.69) is 20.9 Å². The van der Waals surface area contributed by atoms with Crippen molar-refractivity contribution in [3.63, 3.8) is 0 Å². The molecular weight excluding hydrogens is 336 g/mol. The quantitative estimate of drug-likeness (QED) is 0.610. The highest BCUT2D eigenvalue weighted by atomic mass is 79.9. The Kier molecular flexibility index (Phi) is 4.57. The second-order valence-electron chi connectivity index (χ2n) is 4.82. The minimum atomic E-state index is -0.375. The fourth-order valence-electron chi connectivity index (χ4n) is 2.07. The first-order valence-electron chi connectivity index (χ1n) is 6.38. The van der Waals surface area contributed by atoms with Crippen LogP contribution >= 0.6 is 15.9 Å². The van der Waals surface area contributed by atoms with Gasteiger partial charge in [0.15, 0.2) is 0 Å². The van der Waals surface area contributed by atoms with Crippen LogP contribution in [0.2, 0.25) is 0 Å². The molecule has 2 aromatic rings. The highest BCUT2D eigenvalue weighted by Gasteiger charge is 2.19. The number of hydrogen-bond acceptors (Lipinski definition) is 4. The van der Waals surface area contributed by atoms with E-state index in [1.54, 1.807) is 13.8 Å². The van der Waals surface area contributed by atoms with Gasteiger partial charge in [0.2, 0.25) is 0 Å². The molecule has 6 heteroatoms. The number of nitrogens with zero attached hydrogens (tertiary/aromatic N) is 2. The summed E-state index contributed by atoms with van der Waals surface area (Å²) < 4.78 is 6.66. The van der Waals surface area contributed by atoms with Gasteiger partial charge in [-0.15, -0.1) is 0 Å². The first-order chi connectivity index (χ1) is 9.90. The minimum Gasteiger partial charge on any atom is -0.487 e. The summed E-state index contributed by atoms with van der Waals surface area (Å²) in [6, 6.07) is 5.74. The molecule has 0 fully saturated rings. The number of nitro groups is 1. The fourth-order valence-corrected chi connectivity index (χ4v) is 2.41. The smallest absolute Gasteiger partial charge is 0.278 e. The zero-order valence-electron chi connectivity index (χ0n) is 12.0. The van der Waals surface area contributed by atoms with E-state index in [4.69, 9.17) is 4.74 Å². The molecule has 21 heavy (non-hydrogen) atoms. The summed E-state index contributed by atoms with van der Waals surface area (Å²) in [5.74, 6) is 0.730. The Labute approximate surface area is 131 Å². The lowest BCUT2D eigenvalue weighted by Gasteiger charge is -2.11. The second-order valence-corrected chi connectivity index (χ2v) is 5.73. The molecule has 110 valence electrons. The first kappa shape index (κ1) is 15.4. The molecule has 5 nitrogen and oxygen atoms in total. The van der Waals surface area contributed by atoms with Crippen LogP contribution in [0.3, 0.4) is 0 Å². The zero-order chi connectivity index (χ0) is 15.6. The normalized spacial score (nSPS) is 10.5. The van der Waals surface area contributed by atoms with E-state index in [1.807, 2.05) is 25.1 Å². The van der Waals surface area contributed by atoms with Gasteiger partial charge in [-0.25, -0.2) is 0 Å². The van der Waals surface area contributed by atoms with Crippen molar-refractivity contribution in [2.75, 3.05) is 0 Å². The number of ether oxygens (including phenoxy) is 1. The molecule has 1 aromatic heterocycles. The van der Waals surface area contributed by atoms with Crippen molar-refractivity contribution in [3.8, 4) is 5.75 Å². The molecular formula is C15H15BrN2O3. The summed E-state index contributed by atoms with van der Waals surface area (Å²) in [5.41, 5.74) is 2.78. The molecule has 0 aliphatic rings. The zero-order valence-corrected chi connectivity index (χ0v) is 13.6. The van der Waals surface area contributed by atoms with Crippen LogP contribution < -0.4 is 4.74 Å². The standard InChI is InChI=1S/C15H15BrN2O3/c1-9-4-5-12(16)6-14(9)21-8-13-11(3)15(18(19)20)10(2)7-17-13/h4-7H,8H2,1-3H3. The predicted molar refractivity (Wildman–Crippen MR) is 83.6 cm³/mol. The van der Waals surface area contributed by atoms with Gasteiger partial charge in [-0.1, -0.05) is 22.0 Å². The molecule has 0 spiro atoms. The van der Waals surface area contributed by atoms with E-state index >= 15 is 0 Å². The van der Waals surface area contributed by atoms with Crippen LogP contribution in [0.4, 0.5) is 5.69 Å². The van der Waals surface area contributed by atoms with Gasteiger partial charge < -0.3 is 4.74 Å². The van der Waals surface area contributed by atoms with Crippen molar-refractivity contribution in [2.24, 2.45) is 0 Å². The topological polar surface area (TPSA) is 65.3 Å². The van der Waals surface area contributed by atoms with Gasteiger partial charge in [0.1, 0.15) is 12.4 Å². The molecule has 0 bridgehead atoms. The summed E-state index contributed by atoms with van der Waals surface area (Å²) in [7, 11) is 0. The average molecular weight is 351 g/mol. The molecule has 0 saturated carbocycles. The summed E-state index contributed by atoms with van der Waals surface area (Å²) in [5, 5.41) is 11.1. The van der Waals surface area contributed by atoms with Crippen molar-refractivity contribution >= 4 is 21.6 Å². The van der Waals surface area contributed by atoms with E-state index in [0.717, 1.165) is 15.8 Å². The molecule has 0 saturated heterocycles. The highest BCUT2D eigenvalue weighted by Crippen LogP contribution is 2.27. The van der Waals surface area contributed by atoms with Crippen LogP contribution in [-0.4, -0.2) is 9.91 Å². The third kappa shape index (κ3) is 3.39. The lowest BCUT2D eigenvalue weighted by molar-refractivity contribution is -0.386. The number of benzene rings is 1. The third-order valence-corrected chi connectivity index (χ3v) is 3.77. The molecule has 1 aromatic carbocycles. The number of pyridine rings is 1. The maximum absolute atomic E-state index is 11.1. The van der Waals surface area contributed by atoms with E-state index < -0.39 is 0 Å². The van der Waals surface area contributed by atoms with Crippen LogP contribution in [0, 0.1) is 30.9 Å². The predicted octanol–water partition coefficient (Wildman–Crippen LogP) is 4.26. The monoisotopic (exact) mass is 350 g/mol. The summed E-state index contributed by atoms with van der Waals surface area (Å²) in [6.45, 7) is 5.52. The molecule has 0 N–H and O–H groups in total. The molecule has 0 aliphatic heterocycles. The summed E-state index contributed by atoms with van der Waals surface area (Å²) in [6.07, 6.45) is 1.51. The second kappa shape index (κ2) is 6.22. The van der Waals surface area contributed by atoms with E-state index in [1.165, 1.54) is 6.20 Å². The van der Waals surface area contributed by atoms with Gasteiger partial charge in [0.25, 0.3) is 5.69 Å². The number of halogens is 1. The maximum atomic E-state index is 11.1. The Bertz CT molecular complexity index is 702. The van der Waals surface area contributed by atoms with E-state index in [0.29, 0.717) is 16.8 Å². The molecule has 0 amide bonds. The molecule has 0 aliphatic carbocycles. The molecule has 2 rings (SSSR count). The van der Waals surface area contributed by atoms with Gasteiger partial charge in [0.05, 0.1) is 16.2 Å². The highest BCUT2D eigenvalue weighted by molar-refractivity contribution is 9.10. The summed E-state index contributed by atoms with van der Waals surface area (Å²) >= 11 is 3.39. The fraction of sp³-hybridized carbons (Fsp3) is 0.267. The van der Waals surface area contributed by atoms with Crippen LogP contribution in [0.15, 0.2) is 28.9 Å². The van der Waals surface area contributed by atoms with Gasteiger partial charge in [-0.2, -0.15) is 0 Å². The van der Waals surface area contributed by atoms with Crippen LogP contribution in [-0.2, 0) is 6.61 Å². The Morgan fingerprint density at radius 1 is 1.29 bits per heavy atom. The van der Waals surface area contributed by atoms with Gasteiger partial charge in [-0.05, 0) is 38.5 Å². The number of aromatic nitrogens is 1. The van der Waals surface area contributed by atoms with Gasteiger partial charge >= 0.3 is 0 Å². The van der Waals surface area contributed by atoms with Crippen LogP contribution in [0.25, 0.3) is 0 Å². The van der Waals surface area contributed by atoms with Gasteiger partial charge in [0, 0.05) is 16.2 Å². The van der Waals surface area contributed by atoms with E-state index in [-0.39, 0.29) is 17.2 Å². The van der Waals surface area contributed by atoms with Crippen molar-refractivity contribution < 1.29 is 9.66 Å². The lowest BCUT2D eigenvalue weighted by atomic mass is 10.1. The van der Waals surface area contributed by atoms with Crippen molar-refractivity contribution in [1.82, 2.24) is 4.98 Å². The summed E-state index contributed by atoms with van der Waals surface area (Å²) in [4.78, 5) is 15.0. The van der Waals surface area contributed by atoms with Crippen molar-refractivity contribution in [2.45, 2.75) is 27.4 Å². The Balaban J connectivity index is 2.27. The van der Waals surface area contributed by atoms with Crippen molar-refractivity contribution in [1.29, 1.82) is 0 Å². The Hall–Kier alpha value is -1.95. The molecule has 1 heterocycles. The SMILES string of the molecule is Cc1ccc(Br)cc1OCc1ncc(C)c([N+](=O)[O-])c1C. The Morgan fingerprint density at radius 3 is 2.67 bits per heavy atom. The van der Waals surface area contributed by atoms with E-state index in [9.17, 15) is 10.1 Å². The first-order valence-corrected chi connectivity index (χ1v) is 7.18. The number of aryl methyl sites for hydroxylation is 2. The Morgan fingerprint density at radius 2 is 2.00 bits per heavy atom. The molecule has 0 radical (unpaired) electrons. The number of hydrogen-bond donors (Lipinski definition) is 0. The van der Waals surface area contributed by atoms with Crippen LogP contribution in [0.1, 0.15) is 22.4 Å².